The van der Waals surface area contributed by atoms with Gasteiger partial charge in [-0.15, -0.1) is 11.3 Å². The summed E-state index contributed by atoms with van der Waals surface area (Å²) < 4.78 is 38.7. The second-order valence-corrected chi connectivity index (χ2v) is 12.1. The molecule has 2 saturated heterocycles. The average Bonchev–Trinajstić information content (AvgIpc) is 3.74. The summed E-state index contributed by atoms with van der Waals surface area (Å²) >= 11 is 1.29. The van der Waals surface area contributed by atoms with Crippen LogP contribution in [0, 0.1) is 0 Å². The summed E-state index contributed by atoms with van der Waals surface area (Å²) in [5.41, 5.74) is -2.08. The van der Waals surface area contributed by atoms with Crippen molar-refractivity contribution < 1.29 is 32.7 Å². The lowest BCUT2D eigenvalue weighted by Gasteiger charge is -2.39. The Balaban J connectivity index is 1.06. The van der Waals surface area contributed by atoms with Crippen molar-refractivity contribution in [3.63, 3.8) is 0 Å². The zero-order valence-corrected chi connectivity index (χ0v) is 23.4. The number of nitrogens with one attached hydrogen (secondary N) is 2. The molecule has 3 aliphatic rings. The van der Waals surface area contributed by atoms with Crippen LogP contribution in [0.5, 0.6) is 0 Å². The smallest absolute Gasteiger partial charge is 0.384 e. The lowest BCUT2D eigenvalue weighted by atomic mass is 9.81. The molecule has 2 aliphatic heterocycles. The summed E-state index contributed by atoms with van der Waals surface area (Å²) in [4.78, 5) is 46.5. The van der Waals surface area contributed by atoms with E-state index in [9.17, 15) is 32.7 Å². The van der Waals surface area contributed by atoms with Gasteiger partial charge in [0.15, 0.2) is 5.01 Å². The van der Waals surface area contributed by atoms with Crippen LogP contribution in [0.15, 0.2) is 30.5 Å². The molecule has 3 amide bonds. The molecule has 1 saturated carbocycles. The SMILES string of the molecule is O=C(CNC(=O)c1cccc(C(F)(F)F)c1)NC1CCN(C2CCC(O)(c3cnc(C(=O)N4CCCC4)s3)CC2)C1. The number of nitrogens with zero attached hydrogens (tertiary/aromatic N) is 3. The average molecular weight is 594 g/mol. The van der Waals surface area contributed by atoms with E-state index in [0.717, 1.165) is 74.8 Å². The van der Waals surface area contributed by atoms with Crippen LogP contribution in [-0.4, -0.2) is 82.4 Å². The van der Waals surface area contributed by atoms with E-state index in [0.29, 0.717) is 24.4 Å². The highest BCUT2D eigenvalue weighted by atomic mass is 32.1. The highest BCUT2D eigenvalue weighted by Gasteiger charge is 2.40. The number of carbonyl (C=O) groups excluding carboxylic acids is 3. The van der Waals surface area contributed by atoms with Crippen LogP contribution in [0.1, 0.15) is 75.5 Å². The first-order valence-corrected chi connectivity index (χ1v) is 14.8. The van der Waals surface area contributed by atoms with Crippen molar-refractivity contribution >= 4 is 29.1 Å². The van der Waals surface area contributed by atoms with Crippen LogP contribution >= 0.6 is 11.3 Å². The van der Waals surface area contributed by atoms with Gasteiger partial charge in [0, 0.05) is 50.0 Å². The summed E-state index contributed by atoms with van der Waals surface area (Å²) in [6.07, 6.45) is 2.52. The van der Waals surface area contributed by atoms with Gasteiger partial charge >= 0.3 is 6.18 Å². The van der Waals surface area contributed by atoms with E-state index in [-0.39, 0.29) is 30.1 Å². The summed E-state index contributed by atoms with van der Waals surface area (Å²) in [6.45, 7) is 2.61. The molecule has 3 N–H and O–H groups in total. The molecule has 1 unspecified atom stereocenters. The summed E-state index contributed by atoms with van der Waals surface area (Å²) in [5.74, 6) is -1.21. The number of halogens is 3. The third kappa shape index (κ3) is 6.90. The molecule has 1 aliphatic carbocycles. The van der Waals surface area contributed by atoms with E-state index in [4.69, 9.17) is 0 Å². The van der Waals surface area contributed by atoms with E-state index in [1.807, 2.05) is 4.90 Å². The van der Waals surface area contributed by atoms with E-state index < -0.39 is 29.2 Å². The number of likely N-dealkylation sites (tertiary alicyclic amines) is 2. The standard InChI is InChI=1S/C28H34F3N5O4S/c29-28(30,31)19-5-3-4-18(14-19)24(38)32-16-23(37)34-20-8-13-36(17-20)21-6-9-27(40,10-7-21)22-15-33-25(41-22)26(39)35-11-1-2-12-35/h3-5,14-15,20-21,40H,1-2,6-13,16-17H2,(H,32,38)(H,34,37). The van der Waals surface area contributed by atoms with Crippen LogP contribution in [0.4, 0.5) is 13.2 Å². The predicted molar refractivity (Wildman–Crippen MR) is 145 cm³/mol. The number of benzene rings is 1. The van der Waals surface area contributed by atoms with Gasteiger partial charge in [0.1, 0.15) is 5.60 Å². The largest absolute Gasteiger partial charge is 0.416 e. The van der Waals surface area contributed by atoms with Crippen LogP contribution in [0.2, 0.25) is 0 Å². The lowest BCUT2D eigenvalue weighted by Crippen LogP contribution is -2.45. The third-order valence-corrected chi connectivity index (χ3v) is 9.46. The van der Waals surface area contributed by atoms with Gasteiger partial charge in [0.25, 0.3) is 11.8 Å². The quantitative estimate of drug-likeness (QED) is 0.455. The maximum Gasteiger partial charge on any atom is 0.416 e. The van der Waals surface area contributed by atoms with Crippen molar-refractivity contribution in [2.45, 2.75) is 68.8 Å². The minimum Gasteiger partial charge on any atom is -0.384 e. The fraction of sp³-hybridized carbons (Fsp3) is 0.571. The lowest BCUT2D eigenvalue weighted by molar-refractivity contribution is -0.137. The van der Waals surface area contributed by atoms with E-state index >= 15 is 0 Å². The number of aromatic nitrogens is 1. The molecule has 9 nitrogen and oxygen atoms in total. The van der Waals surface area contributed by atoms with Gasteiger partial charge in [-0.05, 0) is 63.1 Å². The van der Waals surface area contributed by atoms with Crippen molar-refractivity contribution in [2.75, 3.05) is 32.7 Å². The first-order valence-electron chi connectivity index (χ1n) is 14.0. The van der Waals surface area contributed by atoms with Crippen molar-refractivity contribution in [1.82, 2.24) is 25.4 Å². The third-order valence-electron chi connectivity index (χ3n) is 8.29. The van der Waals surface area contributed by atoms with Crippen LogP contribution in [0.25, 0.3) is 0 Å². The zero-order chi connectivity index (χ0) is 29.2. The van der Waals surface area contributed by atoms with Gasteiger partial charge in [-0.25, -0.2) is 4.98 Å². The van der Waals surface area contributed by atoms with Crippen LogP contribution < -0.4 is 10.6 Å². The van der Waals surface area contributed by atoms with Gasteiger partial charge in [-0.1, -0.05) is 6.07 Å². The first kappa shape index (κ1) is 29.5. The molecule has 0 radical (unpaired) electrons. The minimum atomic E-state index is -4.56. The minimum absolute atomic E-state index is 0.0589. The maximum atomic E-state index is 12.9. The Labute approximate surface area is 240 Å². The Bertz CT molecular complexity index is 1270. The first-order chi connectivity index (χ1) is 19.5. The molecule has 1 atom stereocenters. The highest BCUT2D eigenvalue weighted by molar-refractivity contribution is 7.13. The Morgan fingerprint density at radius 1 is 1.10 bits per heavy atom. The summed E-state index contributed by atoms with van der Waals surface area (Å²) in [7, 11) is 0. The molecule has 0 spiro atoms. The fourth-order valence-electron chi connectivity index (χ4n) is 5.95. The van der Waals surface area contributed by atoms with E-state index in [2.05, 4.69) is 20.5 Å². The molecule has 5 rings (SSSR count). The van der Waals surface area contributed by atoms with Crippen molar-refractivity contribution in [3.05, 3.63) is 51.5 Å². The number of alkyl halides is 3. The second kappa shape index (κ2) is 12.1. The van der Waals surface area contributed by atoms with Crippen molar-refractivity contribution in [3.8, 4) is 0 Å². The molecule has 41 heavy (non-hydrogen) atoms. The van der Waals surface area contributed by atoms with Crippen molar-refractivity contribution in [1.29, 1.82) is 0 Å². The van der Waals surface area contributed by atoms with Crippen molar-refractivity contribution in [2.24, 2.45) is 0 Å². The van der Waals surface area contributed by atoms with Gasteiger partial charge in [0.2, 0.25) is 5.91 Å². The normalized spacial score (nSPS) is 25.3. The number of thiazole rings is 1. The number of amides is 3. The predicted octanol–water partition coefficient (Wildman–Crippen LogP) is 3.15. The molecule has 13 heteroatoms. The Morgan fingerprint density at radius 3 is 2.54 bits per heavy atom. The second-order valence-electron chi connectivity index (χ2n) is 11.1. The molecule has 3 heterocycles. The molecule has 3 fully saturated rings. The molecular formula is C28H34F3N5O4S. The number of hydrogen-bond acceptors (Lipinski definition) is 7. The molecule has 2 aromatic rings. The highest BCUT2D eigenvalue weighted by Crippen LogP contribution is 2.41. The topological polar surface area (TPSA) is 115 Å². The molecule has 1 aromatic heterocycles. The number of hydrogen-bond donors (Lipinski definition) is 3. The fourth-order valence-corrected chi connectivity index (χ4v) is 6.98. The number of aliphatic hydroxyl groups is 1. The van der Waals surface area contributed by atoms with Crippen LogP contribution in [-0.2, 0) is 16.6 Å². The maximum absolute atomic E-state index is 12.9. The Kier molecular flexibility index (Phi) is 8.67. The van der Waals surface area contributed by atoms with Gasteiger partial charge < -0.3 is 20.6 Å². The summed E-state index contributed by atoms with van der Waals surface area (Å²) in [6, 6.07) is 4.23. The zero-order valence-electron chi connectivity index (χ0n) is 22.6. The van der Waals surface area contributed by atoms with Crippen LogP contribution in [0.3, 0.4) is 0 Å². The van der Waals surface area contributed by atoms with Gasteiger partial charge in [-0.3, -0.25) is 19.3 Å². The molecular weight excluding hydrogens is 559 g/mol. The van der Waals surface area contributed by atoms with E-state index in [1.54, 1.807) is 6.20 Å². The Morgan fingerprint density at radius 2 is 1.83 bits per heavy atom. The molecule has 1 aromatic carbocycles. The Hall–Kier alpha value is -3.03. The van der Waals surface area contributed by atoms with Gasteiger partial charge in [0.05, 0.1) is 17.0 Å². The molecule has 222 valence electrons. The van der Waals surface area contributed by atoms with E-state index in [1.165, 1.54) is 17.4 Å². The molecule has 0 bridgehead atoms. The monoisotopic (exact) mass is 593 g/mol. The summed E-state index contributed by atoms with van der Waals surface area (Å²) in [5, 5.41) is 17.1. The van der Waals surface area contributed by atoms with Gasteiger partial charge in [-0.2, -0.15) is 13.2 Å². The number of carbonyl (C=O) groups is 3. The number of rotatable bonds is 7.